The van der Waals surface area contributed by atoms with E-state index in [1.54, 1.807) is 12.1 Å². The molecule has 0 radical (unpaired) electrons. The van der Waals surface area contributed by atoms with Crippen molar-refractivity contribution in [2.24, 2.45) is 0 Å². The van der Waals surface area contributed by atoms with Gasteiger partial charge in [0.15, 0.2) is 0 Å². The van der Waals surface area contributed by atoms with Gasteiger partial charge in [-0.1, -0.05) is 0 Å². The number of amides is 2. The van der Waals surface area contributed by atoms with Crippen LogP contribution in [-0.4, -0.2) is 49.6 Å². The number of para-hydroxylation sites is 1. The van der Waals surface area contributed by atoms with Crippen LogP contribution in [0.3, 0.4) is 0 Å². The maximum absolute atomic E-state index is 11.5. The number of nitriles is 1. The fourth-order valence-corrected chi connectivity index (χ4v) is 1.63. The first-order valence-corrected chi connectivity index (χ1v) is 7.53. The molecular formula is C9H8N3NaO4S. The van der Waals surface area contributed by atoms with Gasteiger partial charge in [-0.2, -0.15) is 0 Å². The number of rotatable bonds is 3. The zero-order chi connectivity index (χ0) is 13.8. The molecule has 7 nitrogen and oxygen atoms in total. The summed E-state index contributed by atoms with van der Waals surface area (Å²) in [5, 5.41) is 13.2. The summed E-state index contributed by atoms with van der Waals surface area (Å²) in [6.07, 6.45) is 0. The first-order valence-electron chi connectivity index (χ1n) is 4.87. The molecule has 0 bridgehead atoms. The van der Waals surface area contributed by atoms with E-state index in [9.17, 15) is 13.2 Å². The Morgan fingerprint density at radius 2 is 2.06 bits per heavy atom. The fourth-order valence-electron chi connectivity index (χ4n) is 1.11. The van der Waals surface area contributed by atoms with Gasteiger partial charge in [-0.05, 0) is 0 Å². The van der Waals surface area contributed by atoms with Crippen LogP contribution in [0.15, 0.2) is 24.3 Å². The Labute approximate surface area is 121 Å². The molecule has 0 saturated heterocycles. The molecule has 1 rings (SSSR count). The Kier molecular flexibility index (Phi) is 5.13. The van der Waals surface area contributed by atoms with E-state index in [4.69, 9.17) is 9.81 Å². The van der Waals surface area contributed by atoms with Crippen LogP contribution in [0, 0.1) is 11.3 Å². The molecule has 0 aromatic heterocycles. The van der Waals surface area contributed by atoms with Crippen LogP contribution in [0.5, 0.6) is 0 Å². The van der Waals surface area contributed by atoms with Crippen molar-refractivity contribution in [3.63, 3.8) is 0 Å². The molecule has 0 aliphatic heterocycles. The van der Waals surface area contributed by atoms with E-state index in [2.05, 4.69) is 10.6 Å². The molecule has 9 heteroatoms. The molecule has 18 heavy (non-hydrogen) atoms. The minimum atomic E-state index is -4.28. The topological polar surface area (TPSA) is 119 Å². The standard InChI is InChI=1S/C9H8N3O4S.Na/c10-5-7-3-1-2-4-8(7)12-9(13)11-6-17(14,15)16;/h1-4,6H,(H2,11,12,13)(H,14,15,16);. The molecule has 0 fully saturated rings. The summed E-state index contributed by atoms with van der Waals surface area (Å²) in [6, 6.07) is 7.36. The van der Waals surface area contributed by atoms with Gasteiger partial charge in [0.05, 0.1) is 0 Å². The first-order chi connectivity index (χ1) is 8.34. The number of carbonyl (C=O) groups is 1. The minimum absolute atomic E-state index is 0.0371. The number of anilines is 1. The van der Waals surface area contributed by atoms with Gasteiger partial charge >= 0.3 is 122 Å². The van der Waals surface area contributed by atoms with Crippen LogP contribution in [-0.2, 0) is 10.1 Å². The molecule has 90 valence electrons. The number of nitrogens with one attached hydrogen (secondary N) is 2. The van der Waals surface area contributed by atoms with Gasteiger partial charge in [-0.3, -0.25) is 0 Å². The van der Waals surface area contributed by atoms with Crippen molar-refractivity contribution in [1.29, 1.82) is 5.26 Å². The third-order valence-electron chi connectivity index (χ3n) is 2.08. The molecule has 0 aliphatic rings. The van der Waals surface area contributed by atoms with Gasteiger partial charge in [0.1, 0.15) is 0 Å². The third-order valence-corrected chi connectivity index (χ3v) is 5.16. The van der Waals surface area contributed by atoms with Gasteiger partial charge in [0.25, 0.3) is 0 Å². The monoisotopic (exact) mass is 277 g/mol. The van der Waals surface area contributed by atoms with E-state index in [1.807, 2.05) is 6.07 Å². The number of hydrogen-bond donors (Lipinski definition) is 3. The van der Waals surface area contributed by atoms with Crippen molar-refractivity contribution in [2.45, 2.75) is 2.62 Å². The van der Waals surface area contributed by atoms with Crippen molar-refractivity contribution in [3.05, 3.63) is 29.8 Å². The second-order valence-corrected chi connectivity index (χ2v) is 7.14. The zero-order valence-corrected chi connectivity index (χ0v) is 12.2. The predicted octanol–water partition coefficient (Wildman–Crippen LogP) is 0.0197. The van der Waals surface area contributed by atoms with Crippen LogP contribution >= 0.6 is 0 Å². The van der Waals surface area contributed by atoms with Gasteiger partial charge in [0, 0.05) is 0 Å². The van der Waals surface area contributed by atoms with E-state index in [0.717, 1.165) is 0 Å². The van der Waals surface area contributed by atoms with Gasteiger partial charge in [-0.15, -0.1) is 0 Å². The summed E-state index contributed by atoms with van der Waals surface area (Å²) in [4.78, 5) is 11.5. The molecular weight excluding hydrogens is 269 g/mol. The van der Waals surface area contributed by atoms with E-state index < -0.39 is 18.8 Å². The molecule has 1 atom stereocenters. The Morgan fingerprint density at radius 1 is 1.44 bits per heavy atom. The van der Waals surface area contributed by atoms with Crippen LogP contribution in [0.1, 0.15) is 5.56 Å². The fraction of sp³-hybridized carbons (Fsp3) is 0.111. The van der Waals surface area contributed by atoms with Crippen molar-refractivity contribution < 1.29 is 17.8 Å². The van der Waals surface area contributed by atoms with Gasteiger partial charge in [0.2, 0.25) is 0 Å². The number of carbonyl (C=O) groups excluding carboxylic acids is 1. The Bertz CT molecular complexity index is 596. The van der Waals surface area contributed by atoms with E-state index in [0.29, 0.717) is 0 Å². The second-order valence-electron chi connectivity index (χ2n) is 3.41. The van der Waals surface area contributed by atoms with Crippen LogP contribution in [0.4, 0.5) is 10.5 Å². The normalized spacial score (nSPS) is 12.3. The van der Waals surface area contributed by atoms with Crippen LogP contribution in [0.25, 0.3) is 0 Å². The Balaban J connectivity index is 2.75. The zero-order valence-electron chi connectivity index (χ0n) is 9.41. The van der Waals surface area contributed by atoms with Crippen molar-refractivity contribution in [3.8, 4) is 6.07 Å². The first kappa shape index (κ1) is 14.9. The van der Waals surface area contributed by atoms with E-state index in [1.165, 1.54) is 12.1 Å². The molecule has 0 heterocycles. The molecule has 0 saturated carbocycles. The van der Waals surface area contributed by atoms with Gasteiger partial charge < -0.3 is 0 Å². The number of nitrogens with zero attached hydrogens (tertiary/aromatic N) is 1. The molecule has 1 aromatic rings. The number of urea groups is 1. The summed E-state index contributed by atoms with van der Waals surface area (Å²) in [5.41, 5.74) is 0.520. The van der Waals surface area contributed by atoms with Gasteiger partial charge in [-0.25, -0.2) is 0 Å². The van der Waals surface area contributed by atoms with E-state index >= 15 is 0 Å². The molecule has 0 spiro atoms. The average Bonchev–Trinajstić information content (AvgIpc) is 2.28. The Hall–Kier alpha value is -1.11. The molecule has 3 N–H and O–H groups in total. The second kappa shape index (κ2) is 6.17. The number of hydrogen-bond acceptors (Lipinski definition) is 4. The maximum atomic E-state index is 11.5. The van der Waals surface area contributed by atoms with E-state index in [-0.39, 0.29) is 39.2 Å². The Morgan fingerprint density at radius 3 is 2.61 bits per heavy atom. The molecule has 1 aromatic carbocycles. The van der Waals surface area contributed by atoms with Crippen molar-refractivity contribution in [1.82, 2.24) is 5.32 Å². The number of benzene rings is 1. The van der Waals surface area contributed by atoms with Crippen molar-refractivity contribution in [2.75, 3.05) is 5.32 Å². The molecule has 0 aliphatic carbocycles. The third kappa shape index (κ3) is 4.29. The van der Waals surface area contributed by atoms with Crippen molar-refractivity contribution >= 4 is 49.8 Å². The predicted molar refractivity (Wildman–Crippen MR) is 64.4 cm³/mol. The summed E-state index contributed by atoms with van der Waals surface area (Å²) in [7, 11) is -4.28. The average molecular weight is 277 g/mol. The SMILES string of the molecule is N#Cc1ccccc1NC(=O)N[CH]([Na])S(=O)(=O)O. The van der Waals surface area contributed by atoms with Crippen LogP contribution < -0.4 is 10.6 Å². The summed E-state index contributed by atoms with van der Waals surface area (Å²) < 4.78 is 28.9. The quantitative estimate of drug-likeness (QED) is 0.531. The van der Waals surface area contributed by atoms with Crippen LogP contribution in [0.2, 0.25) is 0 Å². The summed E-state index contributed by atoms with van der Waals surface area (Å²) in [5.74, 6) is 0. The molecule has 1 unspecified atom stereocenters. The summed E-state index contributed by atoms with van der Waals surface area (Å²) >= 11 is 0.0371. The summed E-state index contributed by atoms with van der Waals surface area (Å²) in [6.45, 7) is 0. The molecule has 2 amide bonds.